The van der Waals surface area contributed by atoms with Gasteiger partial charge in [-0.05, 0) is 42.3 Å². The van der Waals surface area contributed by atoms with Crippen molar-refractivity contribution in [2.24, 2.45) is 0 Å². The third-order valence-corrected chi connectivity index (χ3v) is 4.03. The van der Waals surface area contributed by atoms with Crippen molar-refractivity contribution in [3.63, 3.8) is 0 Å². The van der Waals surface area contributed by atoms with Gasteiger partial charge in [0.05, 0.1) is 17.3 Å². The predicted molar refractivity (Wildman–Crippen MR) is 93.3 cm³/mol. The second-order valence-electron chi connectivity index (χ2n) is 5.83. The number of hydrogen-bond donors (Lipinski definition) is 1. The molecule has 0 atom stereocenters. The molecule has 3 rings (SSSR count). The fourth-order valence-electron chi connectivity index (χ4n) is 2.43. The summed E-state index contributed by atoms with van der Waals surface area (Å²) in [7, 11) is 0. The fourth-order valence-corrected chi connectivity index (χ4v) is 2.71. The number of aryl methyl sites for hydroxylation is 1. The monoisotopic (exact) mass is 397 g/mol. The Morgan fingerprint density at radius 3 is 2.37 bits per heavy atom. The first-order valence-corrected chi connectivity index (χ1v) is 8.06. The zero-order chi connectivity index (χ0) is 19.7. The van der Waals surface area contributed by atoms with Crippen LogP contribution in [-0.4, -0.2) is 9.55 Å². The second kappa shape index (κ2) is 7.40. The Hall–Kier alpha value is -2.87. The average molecular weight is 398 g/mol. The van der Waals surface area contributed by atoms with Gasteiger partial charge in [-0.3, -0.25) is 4.79 Å². The summed E-state index contributed by atoms with van der Waals surface area (Å²) in [5, 5.41) is 3.12. The van der Waals surface area contributed by atoms with E-state index in [9.17, 15) is 22.4 Å². The molecule has 9 heteroatoms. The van der Waals surface area contributed by atoms with Crippen molar-refractivity contribution in [2.75, 3.05) is 5.32 Å². The highest BCUT2D eigenvalue weighted by molar-refractivity contribution is 6.33. The zero-order valence-corrected chi connectivity index (χ0v) is 14.6. The minimum absolute atomic E-state index is 0.00861. The molecule has 0 aliphatic heterocycles. The van der Waals surface area contributed by atoms with Gasteiger partial charge >= 0.3 is 5.56 Å². The summed E-state index contributed by atoms with van der Waals surface area (Å²) in [4.78, 5) is 15.2. The fraction of sp³-hybridized carbons (Fsp3) is 0.111. The smallest absolute Gasteiger partial charge is 0.310 e. The molecule has 1 N–H and O–H groups in total. The van der Waals surface area contributed by atoms with E-state index in [0.29, 0.717) is 10.7 Å². The molecule has 27 heavy (non-hydrogen) atoms. The first-order valence-electron chi connectivity index (χ1n) is 7.68. The van der Waals surface area contributed by atoms with Crippen LogP contribution >= 0.6 is 11.6 Å². The van der Waals surface area contributed by atoms with E-state index >= 15 is 0 Å². The summed E-state index contributed by atoms with van der Waals surface area (Å²) < 4.78 is 54.8. The number of halogens is 5. The molecule has 2 aromatic carbocycles. The normalized spacial score (nSPS) is 10.9. The highest BCUT2D eigenvalue weighted by Gasteiger charge is 2.14. The maximum absolute atomic E-state index is 13.7. The van der Waals surface area contributed by atoms with Gasteiger partial charge in [-0.15, -0.1) is 0 Å². The van der Waals surface area contributed by atoms with Crippen molar-refractivity contribution in [1.29, 1.82) is 0 Å². The number of anilines is 2. The number of nitrogens with zero attached hydrogens (tertiary/aromatic N) is 2. The minimum Gasteiger partial charge on any atom is -0.324 e. The van der Waals surface area contributed by atoms with E-state index in [-0.39, 0.29) is 18.1 Å². The summed E-state index contributed by atoms with van der Waals surface area (Å²) in [5.74, 6) is -5.62. The third-order valence-electron chi connectivity index (χ3n) is 3.72. The van der Waals surface area contributed by atoms with Gasteiger partial charge in [0.2, 0.25) is 11.8 Å². The van der Waals surface area contributed by atoms with E-state index < -0.39 is 28.8 Å². The molecular formula is C18H12ClF4N3O. The summed E-state index contributed by atoms with van der Waals surface area (Å²) in [5.41, 5.74) is 0.181. The van der Waals surface area contributed by atoms with E-state index in [1.165, 1.54) is 0 Å². The number of nitrogens with one attached hydrogen (secondary N) is 1. The maximum atomic E-state index is 13.7. The highest BCUT2D eigenvalue weighted by atomic mass is 35.5. The Morgan fingerprint density at radius 1 is 1.07 bits per heavy atom. The van der Waals surface area contributed by atoms with Gasteiger partial charge in [-0.1, -0.05) is 17.7 Å². The van der Waals surface area contributed by atoms with Crippen molar-refractivity contribution in [2.45, 2.75) is 13.5 Å². The topological polar surface area (TPSA) is 46.9 Å². The van der Waals surface area contributed by atoms with Gasteiger partial charge in [0.25, 0.3) is 0 Å². The summed E-state index contributed by atoms with van der Waals surface area (Å²) in [6.07, 6.45) is 0.832. The van der Waals surface area contributed by atoms with E-state index in [0.717, 1.165) is 28.5 Å². The van der Waals surface area contributed by atoms with Crippen molar-refractivity contribution >= 4 is 23.2 Å². The van der Waals surface area contributed by atoms with Crippen molar-refractivity contribution in [1.82, 2.24) is 9.55 Å². The molecule has 0 unspecified atom stereocenters. The molecule has 0 saturated heterocycles. The molecule has 0 bridgehead atoms. The Labute approximate surface area is 156 Å². The lowest BCUT2D eigenvalue weighted by Gasteiger charge is -2.15. The molecule has 140 valence electrons. The summed E-state index contributed by atoms with van der Waals surface area (Å²) >= 11 is 6.13. The van der Waals surface area contributed by atoms with Crippen LogP contribution in [0.25, 0.3) is 0 Å². The molecule has 0 fully saturated rings. The molecule has 1 aromatic heterocycles. The Kier molecular flexibility index (Phi) is 5.18. The van der Waals surface area contributed by atoms with Crippen LogP contribution in [0.4, 0.5) is 29.2 Å². The van der Waals surface area contributed by atoms with Crippen molar-refractivity contribution < 1.29 is 17.6 Å². The van der Waals surface area contributed by atoms with E-state index in [1.54, 1.807) is 18.2 Å². The Morgan fingerprint density at radius 2 is 1.74 bits per heavy atom. The van der Waals surface area contributed by atoms with Crippen LogP contribution < -0.4 is 10.9 Å². The van der Waals surface area contributed by atoms with Crippen LogP contribution in [0.1, 0.15) is 11.1 Å². The van der Waals surface area contributed by atoms with Crippen LogP contribution in [0.15, 0.2) is 41.3 Å². The number of benzene rings is 2. The van der Waals surface area contributed by atoms with Crippen LogP contribution in [0, 0.1) is 30.2 Å². The number of aromatic nitrogens is 2. The third kappa shape index (κ3) is 4.11. The molecule has 0 aliphatic carbocycles. The molecular weight excluding hydrogens is 386 g/mol. The molecule has 0 amide bonds. The minimum atomic E-state index is -1.60. The predicted octanol–water partition coefficient (Wildman–Crippen LogP) is 4.55. The molecule has 0 spiro atoms. The van der Waals surface area contributed by atoms with Gasteiger partial charge in [-0.2, -0.15) is 9.37 Å². The van der Waals surface area contributed by atoms with E-state index in [2.05, 4.69) is 10.3 Å². The lowest BCUT2D eigenvalue weighted by molar-refractivity contribution is 0.444. The van der Waals surface area contributed by atoms with Crippen LogP contribution in [-0.2, 0) is 6.54 Å². The highest BCUT2D eigenvalue weighted by Crippen LogP contribution is 2.26. The number of hydrogen-bond acceptors (Lipinski definition) is 3. The van der Waals surface area contributed by atoms with Crippen LogP contribution in [0.2, 0.25) is 5.02 Å². The summed E-state index contributed by atoms with van der Waals surface area (Å²) in [6, 6.07) is 6.61. The second-order valence-corrected chi connectivity index (χ2v) is 6.23. The molecule has 4 nitrogen and oxygen atoms in total. The Bertz CT molecular complexity index is 1060. The SMILES string of the molecule is Cc1ccc(Nc2nc(=O)c(F)cn2Cc2cc(F)c(F)c(F)c2)c(Cl)c1. The van der Waals surface area contributed by atoms with Gasteiger partial charge in [-0.25, -0.2) is 13.2 Å². The lowest BCUT2D eigenvalue weighted by atomic mass is 10.2. The Balaban J connectivity index is 2.02. The van der Waals surface area contributed by atoms with Gasteiger partial charge < -0.3 is 9.88 Å². The first-order chi connectivity index (χ1) is 12.7. The van der Waals surface area contributed by atoms with Gasteiger partial charge in [0.15, 0.2) is 17.5 Å². The van der Waals surface area contributed by atoms with Crippen molar-refractivity contribution in [3.8, 4) is 0 Å². The van der Waals surface area contributed by atoms with Gasteiger partial charge in [0, 0.05) is 6.20 Å². The largest absolute Gasteiger partial charge is 0.324 e. The molecule has 1 heterocycles. The van der Waals surface area contributed by atoms with Crippen LogP contribution in [0.3, 0.4) is 0 Å². The first kappa shape index (κ1) is 18.9. The zero-order valence-electron chi connectivity index (χ0n) is 13.9. The number of rotatable bonds is 4. The molecule has 3 aromatic rings. The van der Waals surface area contributed by atoms with E-state index in [4.69, 9.17) is 11.6 Å². The standard InChI is InChI=1S/C18H12ClF4N3O/c1-9-2-3-15(11(19)4-9)24-18-25-17(27)14(22)8-26(18)7-10-5-12(20)16(23)13(21)6-10/h2-6,8H,7H2,1H3,(H,24,25,27). The van der Waals surface area contributed by atoms with E-state index in [1.807, 2.05) is 6.92 Å². The molecule has 0 aliphatic rings. The molecule has 0 saturated carbocycles. The van der Waals surface area contributed by atoms with Crippen LogP contribution in [0.5, 0.6) is 0 Å². The molecule has 0 radical (unpaired) electrons. The lowest BCUT2D eigenvalue weighted by Crippen LogP contribution is -2.20. The quantitative estimate of drug-likeness (QED) is 0.519. The maximum Gasteiger partial charge on any atom is 0.310 e. The summed E-state index contributed by atoms with van der Waals surface area (Å²) in [6.45, 7) is 1.56. The average Bonchev–Trinajstić information content (AvgIpc) is 2.59. The van der Waals surface area contributed by atoms with Crippen molar-refractivity contribution in [3.05, 3.63) is 86.3 Å². The van der Waals surface area contributed by atoms with Gasteiger partial charge in [0.1, 0.15) is 0 Å².